The smallest absolute Gasteiger partial charge is 0.415 e. The standard InChI is InChI=1S/C25H34N4O3/c1-2-19-3-5-21(6-4-19)12-18-29(25(31)32)24(30)28-16-13-23(14-17-28)27-22-9-7-20(8-10-22)11-15-26/h3-10,23,27H,2,11-18,26H2,1H3,(H,31,32). The van der Waals surface area contributed by atoms with E-state index in [1.165, 1.54) is 11.1 Å². The lowest BCUT2D eigenvalue weighted by atomic mass is 10.0. The van der Waals surface area contributed by atoms with Gasteiger partial charge in [0.05, 0.1) is 0 Å². The topological polar surface area (TPSA) is 98.9 Å². The molecule has 1 aliphatic heterocycles. The summed E-state index contributed by atoms with van der Waals surface area (Å²) in [5.41, 5.74) is 10.1. The van der Waals surface area contributed by atoms with Crippen LogP contribution in [0.5, 0.6) is 0 Å². The molecule has 4 N–H and O–H groups in total. The molecule has 0 spiro atoms. The number of carboxylic acid groups (broad SMARTS) is 1. The molecule has 0 unspecified atom stereocenters. The second-order valence-corrected chi connectivity index (χ2v) is 8.28. The molecule has 0 saturated carbocycles. The molecule has 1 saturated heterocycles. The van der Waals surface area contributed by atoms with E-state index in [2.05, 4.69) is 36.5 Å². The highest BCUT2D eigenvalue weighted by molar-refractivity contribution is 5.90. The molecule has 2 aromatic rings. The van der Waals surface area contributed by atoms with Crippen LogP contribution in [0.4, 0.5) is 15.3 Å². The fourth-order valence-corrected chi connectivity index (χ4v) is 4.01. The Labute approximate surface area is 190 Å². The number of carbonyl (C=O) groups excluding carboxylic acids is 1. The fourth-order valence-electron chi connectivity index (χ4n) is 4.01. The van der Waals surface area contributed by atoms with Gasteiger partial charge in [0.1, 0.15) is 0 Å². The maximum absolute atomic E-state index is 12.9. The van der Waals surface area contributed by atoms with E-state index < -0.39 is 12.1 Å². The molecular weight excluding hydrogens is 404 g/mol. The average molecular weight is 439 g/mol. The maximum atomic E-state index is 12.9. The molecule has 1 fully saturated rings. The molecule has 0 atom stereocenters. The number of aryl methyl sites for hydroxylation is 1. The summed E-state index contributed by atoms with van der Waals surface area (Å²) >= 11 is 0. The highest BCUT2D eigenvalue weighted by Crippen LogP contribution is 2.19. The Hall–Kier alpha value is -3.06. The first-order chi connectivity index (χ1) is 15.5. The quantitative estimate of drug-likeness (QED) is 0.579. The summed E-state index contributed by atoms with van der Waals surface area (Å²) in [6, 6.07) is 16.2. The summed E-state index contributed by atoms with van der Waals surface area (Å²) in [4.78, 5) is 27.2. The van der Waals surface area contributed by atoms with Gasteiger partial charge in [0.2, 0.25) is 0 Å². The van der Waals surface area contributed by atoms with Gasteiger partial charge in [0.25, 0.3) is 0 Å². The maximum Gasteiger partial charge on any atom is 0.415 e. The molecule has 7 heteroatoms. The fraction of sp³-hybridized carbons (Fsp3) is 0.440. The van der Waals surface area contributed by atoms with Crippen molar-refractivity contribution >= 4 is 17.8 Å². The molecule has 7 nitrogen and oxygen atoms in total. The van der Waals surface area contributed by atoms with Gasteiger partial charge < -0.3 is 21.1 Å². The van der Waals surface area contributed by atoms with Gasteiger partial charge in [0.15, 0.2) is 0 Å². The van der Waals surface area contributed by atoms with Crippen molar-refractivity contribution in [3.63, 3.8) is 0 Å². The normalized spacial score (nSPS) is 14.2. The lowest BCUT2D eigenvalue weighted by Crippen LogP contribution is -2.50. The number of urea groups is 1. The lowest BCUT2D eigenvalue weighted by molar-refractivity contribution is 0.122. The third kappa shape index (κ3) is 6.47. The summed E-state index contributed by atoms with van der Waals surface area (Å²) in [7, 11) is 0. The molecule has 0 aromatic heterocycles. The van der Waals surface area contributed by atoms with E-state index in [1.54, 1.807) is 4.90 Å². The molecule has 0 bridgehead atoms. The van der Waals surface area contributed by atoms with Crippen LogP contribution in [-0.2, 0) is 19.3 Å². The molecule has 0 aliphatic carbocycles. The minimum absolute atomic E-state index is 0.160. The zero-order valence-electron chi connectivity index (χ0n) is 18.8. The van der Waals surface area contributed by atoms with Crippen LogP contribution in [0, 0.1) is 0 Å². The van der Waals surface area contributed by atoms with Crippen LogP contribution in [0.1, 0.15) is 36.5 Å². The van der Waals surface area contributed by atoms with Crippen molar-refractivity contribution in [3.8, 4) is 0 Å². The number of nitrogens with zero attached hydrogens (tertiary/aromatic N) is 2. The number of anilines is 1. The van der Waals surface area contributed by atoms with Gasteiger partial charge >= 0.3 is 12.1 Å². The van der Waals surface area contributed by atoms with E-state index in [-0.39, 0.29) is 12.6 Å². The van der Waals surface area contributed by atoms with Crippen LogP contribution >= 0.6 is 0 Å². The second-order valence-electron chi connectivity index (χ2n) is 8.28. The Morgan fingerprint density at radius 1 is 1.00 bits per heavy atom. The Morgan fingerprint density at radius 2 is 1.56 bits per heavy atom. The third-order valence-electron chi connectivity index (χ3n) is 6.04. The molecular formula is C25H34N4O3. The number of carbonyl (C=O) groups is 2. The first-order valence-electron chi connectivity index (χ1n) is 11.4. The summed E-state index contributed by atoms with van der Waals surface area (Å²) < 4.78 is 0. The van der Waals surface area contributed by atoms with Gasteiger partial charge in [-0.2, -0.15) is 0 Å². The Morgan fingerprint density at radius 3 is 2.12 bits per heavy atom. The van der Waals surface area contributed by atoms with Crippen molar-refractivity contribution < 1.29 is 14.7 Å². The first-order valence-corrected chi connectivity index (χ1v) is 11.4. The summed E-state index contributed by atoms with van der Waals surface area (Å²) in [6.45, 7) is 3.97. The number of hydrogen-bond acceptors (Lipinski definition) is 4. The van der Waals surface area contributed by atoms with E-state index >= 15 is 0 Å². The number of likely N-dealkylation sites (tertiary alicyclic amines) is 1. The van der Waals surface area contributed by atoms with Gasteiger partial charge in [0, 0.05) is 31.4 Å². The van der Waals surface area contributed by atoms with Crippen LogP contribution in [0.25, 0.3) is 0 Å². The van der Waals surface area contributed by atoms with Crippen molar-refractivity contribution in [2.45, 2.75) is 45.1 Å². The number of nitrogens with two attached hydrogens (primary N) is 1. The van der Waals surface area contributed by atoms with Crippen LogP contribution in [0.3, 0.4) is 0 Å². The average Bonchev–Trinajstić information content (AvgIpc) is 2.81. The Bertz CT molecular complexity index is 875. The number of hydrogen-bond donors (Lipinski definition) is 3. The number of amides is 3. The minimum atomic E-state index is -1.20. The van der Waals surface area contributed by atoms with Gasteiger partial charge in [-0.3, -0.25) is 0 Å². The SMILES string of the molecule is CCc1ccc(CCN(C(=O)O)C(=O)N2CCC(Nc3ccc(CCN)cc3)CC2)cc1. The highest BCUT2D eigenvalue weighted by atomic mass is 16.4. The van der Waals surface area contributed by atoms with Crippen LogP contribution in [0.2, 0.25) is 0 Å². The lowest BCUT2D eigenvalue weighted by Gasteiger charge is -2.35. The molecule has 1 heterocycles. The van der Waals surface area contributed by atoms with Crippen molar-refractivity contribution in [1.82, 2.24) is 9.80 Å². The van der Waals surface area contributed by atoms with Gasteiger partial charge in [-0.25, -0.2) is 14.5 Å². The number of rotatable bonds is 8. The molecule has 3 rings (SSSR count). The molecule has 32 heavy (non-hydrogen) atoms. The predicted octanol–water partition coefficient (Wildman–Crippen LogP) is 3.97. The predicted molar refractivity (Wildman–Crippen MR) is 127 cm³/mol. The largest absolute Gasteiger partial charge is 0.465 e. The number of imide groups is 1. The van der Waals surface area contributed by atoms with E-state index in [9.17, 15) is 14.7 Å². The molecule has 0 radical (unpaired) electrons. The van der Waals surface area contributed by atoms with Crippen molar-refractivity contribution in [2.24, 2.45) is 5.73 Å². The van der Waals surface area contributed by atoms with Crippen LogP contribution in [0.15, 0.2) is 48.5 Å². The number of benzene rings is 2. The van der Waals surface area contributed by atoms with Gasteiger partial charge in [-0.1, -0.05) is 43.3 Å². The van der Waals surface area contributed by atoms with E-state index in [0.29, 0.717) is 26.1 Å². The second kappa shape index (κ2) is 11.5. The molecule has 1 aliphatic rings. The molecule has 2 aromatic carbocycles. The highest BCUT2D eigenvalue weighted by Gasteiger charge is 2.29. The molecule has 172 valence electrons. The summed E-state index contributed by atoms with van der Waals surface area (Å²) in [5, 5.41) is 13.1. The minimum Gasteiger partial charge on any atom is -0.465 e. The number of nitrogens with one attached hydrogen (secondary N) is 1. The Balaban J connectivity index is 1.49. The zero-order valence-corrected chi connectivity index (χ0v) is 18.8. The third-order valence-corrected chi connectivity index (χ3v) is 6.04. The number of piperidine rings is 1. The van der Waals surface area contributed by atoms with Gasteiger partial charge in [-0.05, 0) is 67.5 Å². The van der Waals surface area contributed by atoms with Crippen LogP contribution < -0.4 is 11.1 Å². The van der Waals surface area contributed by atoms with Crippen molar-refractivity contribution in [2.75, 3.05) is 31.5 Å². The zero-order chi connectivity index (χ0) is 22.9. The van der Waals surface area contributed by atoms with Gasteiger partial charge in [-0.15, -0.1) is 0 Å². The summed E-state index contributed by atoms with van der Waals surface area (Å²) in [5.74, 6) is 0. The van der Waals surface area contributed by atoms with E-state index in [1.807, 2.05) is 24.3 Å². The monoisotopic (exact) mass is 438 g/mol. The summed E-state index contributed by atoms with van der Waals surface area (Å²) in [6.07, 6.45) is 2.71. The van der Waals surface area contributed by atoms with Crippen molar-refractivity contribution in [1.29, 1.82) is 0 Å². The van der Waals surface area contributed by atoms with Crippen LogP contribution in [-0.4, -0.2) is 59.3 Å². The van der Waals surface area contributed by atoms with Crippen molar-refractivity contribution in [3.05, 3.63) is 65.2 Å². The Kier molecular flexibility index (Phi) is 8.50. The molecule has 3 amide bonds. The van der Waals surface area contributed by atoms with E-state index in [0.717, 1.165) is 41.8 Å². The first kappa shape index (κ1) is 23.6. The van der Waals surface area contributed by atoms with E-state index in [4.69, 9.17) is 5.73 Å².